The van der Waals surface area contributed by atoms with Gasteiger partial charge >= 0.3 is 5.97 Å². The molecule has 1 fully saturated rings. The van der Waals surface area contributed by atoms with Crippen LogP contribution in [-0.2, 0) is 9.59 Å². The Kier molecular flexibility index (Phi) is 3.32. The summed E-state index contributed by atoms with van der Waals surface area (Å²) < 4.78 is 0. The SMILES string of the molecule is Cc1cccc(N(C)C(=O)C2C3C=CC(C3)C2C(=O)O)c1. The van der Waals surface area contributed by atoms with Gasteiger partial charge in [-0.05, 0) is 42.9 Å². The largest absolute Gasteiger partial charge is 0.481 e. The van der Waals surface area contributed by atoms with Crippen molar-refractivity contribution in [3.05, 3.63) is 42.0 Å². The zero-order chi connectivity index (χ0) is 15.1. The molecule has 0 aromatic heterocycles. The summed E-state index contributed by atoms with van der Waals surface area (Å²) in [5, 5.41) is 9.45. The summed E-state index contributed by atoms with van der Waals surface area (Å²) in [4.78, 5) is 25.9. The van der Waals surface area contributed by atoms with Crippen LogP contribution in [0.1, 0.15) is 12.0 Å². The maximum atomic E-state index is 12.8. The number of carboxylic acids is 1. The molecule has 4 heteroatoms. The van der Waals surface area contributed by atoms with E-state index in [0.29, 0.717) is 0 Å². The molecule has 21 heavy (non-hydrogen) atoms. The number of benzene rings is 1. The van der Waals surface area contributed by atoms with Gasteiger partial charge in [0.2, 0.25) is 5.91 Å². The lowest BCUT2D eigenvalue weighted by Gasteiger charge is -2.28. The van der Waals surface area contributed by atoms with E-state index in [0.717, 1.165) is 17.7 Å². The maximum absolute atomic E-state index is 12.8. The molecular formula is C17H19NO3. The molecule has 2 aliphatic carbocycles. The van der Waals surface area contributed by atoms with Gasteiger partial charge in [0.25, 0.3) is 0 Å². The lowest BCUT2D eigenvalue weighted by molar-refractivity contribution is -0.147. The standard InChI is InChI=1S/C17H19NO3/c1-10-4-3-5-13(8-10)18(2)16(19)14-11-6-7-12(9-11)15(14)17(20)21/h3-8,11-12,14-15H,9H2,1-2H3,(H,20,21). The lowest BCUT2D eigenvalue weighted by atomic mass is 9.82. The number of carbonyl (C=O) groups is 2. The van der Waals surface area contributed by atoms with Crippen LogP contribution >= 0.6 is 0 Å². The normalized spacial score (nSPS) is 29.6. The molecule has 0 saturated heterocycles. The van der Waals surface area contributed by atoms with Gasteiger partial charge in [-0.25, -0.2) is 0 Å². The minimum Gasteiger partial charge on any atom is -0.481 e. The molecule has 1 N–H and O–H groups in total. The number of amides is 1. The Morgan fingerprint density at radius 3 is 2.48 bits per heavy atom. The highest BCUT2D eigenvalue weighted by molar-refractivity contribution is 5.98. The van der Waals surface area contributed by atoms with E-state index in [1.807, 2.05) is 43.3 Å². The van der Waals surface area contributed by atoms with Crippen LogP contribution in [0.5, 0.6) is 0 Å². The molecule has 3 rings (SSSR count). The first-order valence-electron chi connectivity index (χ1n) is 7.24. The van der Waals surface area contributed by atoms with Gasteiger partial charge in [0.15, 0.2) is 0 Å². The van der Waals surface area contributed by atoms with Crippen LogP contribution in [0.3, 0.4) is 0 Å². The Balaban J connectivity index is 1.87. The van der Waals surface area contributed by atoms with E-state index < -0.39 is 17.8 Å². The van der Waals surface area contributed by atoms with E-state index in [9.17, 15) is 14.7 Å². The third-order valence-electron chi connectivity index (χ3n) is 4.75. The average molecular weight is 285 g/mol. The van der Waals surface area contributed by atoms with Crippen molar-refractivity contribution in [2.24, 2.45) is 23.7 Å². The van der Waals surface area contributed by atoms with Gasteiger partial charge < -0.3 is 10.0 Å². The van der Waals surface area contributed by atoms with Gasteiger partial charge in [-0.2, -0.15) is 0 Å². The van der Waals surface area contributed by atoms with E-state index in [1.165, 1.54) is 0 Å². The summed E-state index contributed by atoms with van der Waals surface area (Å²) >= 11 is 0. The highest BCUT2D eigenvalue weighted by Crippen LogP contribution is 2.48. The molecule has 0 radical (unpaired) electrons. The highest BCUT2D eigenvalue weighted by atomic mass is 16.4. The smallest absolute Gasteiger partial charge is 0.307 e. The van der Waals surface area contributed by atoms with Crippen LogP contribution in [0.25, 0.3) is 0 Å². The second-order valence-corrected chi connectivity index (χ2v) is 6.07. The second kappa shape index (κ2) is 5.02. The molecule has 4 nitrogen and oxygen atoms in total. The molecule has 110 valence electrons. The molecule has 1 saturated carbocycles. The average Bonchev–Trinajstić information content (AvgIpc) is 3.06. The molecular weight excluding hydrogens is 266 g/mol. The first-order chi connectivity index (χ1) is 9.99. The molecule has 0 aliphatic heterocycles. The summed E-state index contributed by atoms with van der Waals surface area (Å²) in [5.41, 5.74) is 1.89. The molecule has 1 amide bonds. The van der Waals surface area contributed by atoms with Crippen molar-refractivity contribution < 1.29 is 14.7 Å². The molecule has 4 unspecified atom stereocenters. The summed E-state index contributed by atoms with van der Waals surface area (Å²) in [5.74, 6) is -1.90. The topological polar surface area (TPSA) is 57.6 Å². The van der Waals surface area contributed by atoms with Crippen molar-refractivity contribution in [3.8, 4) is 0 Å². The minimum atomic E-state index is -0.858. The third kappa shape index (κ3) is 2.24. The van der Waals surface area contributed by atoms with E-state index >= 15 is 0 Å². The van der Waals surface area contributed by atoms with Crippen molar-refractivity contribution in [2.45, 2.75) is 13.3 Å². The van der Waals surface area contributed by atoms with Crippen molar-refractivity contribution in [3.63, 3.8) is 0 Å². The van der Waals surface area contributed by atoms with Crippen molar-refractivity contribution >= 4 is 17.6 Å². The zero-order valence-corrected chi connectivity index (χ0v) is 12.2. The molecule has 1 aromatic carbocycles. The number of rotatable bonds is 3. The minimum absolute atomic E-state index is 0.00681. The number of hydrogen-bond donors (Lipinski definition) is 1. The van der Waals surface area contributed by atoms with Gasteiger partial charge in [-0.3, -0.25) is 9.59 Å². The Labute approximate surface area is 124 Å². The molecule has 2 bridgehead atoms. The number of hydrogen-bond acceptors (Lipinski definition) is 2. The van der Waals surface area contributed by atoms with Gasteiger partial charge in [-0.15, -0.1) is 0 Å². The van der Waals surface area contributed by atoms with Crippen molar-refractivity contribution in [1.29, 1.82) is 0 Å². The predicted octanol–water partition coefficient (Wildman–Crippen LogP) is 2.48. The van der Waals surface area contributed by atoms with Crippen LogP contribution in [0.4, 0.5) is 5.69 Å². The molecule has 4 atom stereocenters. The maximum Gasteiger partial charge on any atom is 0.307 e. The summed E-state index contributed by atoms with van der Waals surface area (Å²) in [6, 6.07) is 7.70. The molecule has 2 aliphatic rings. The van der Waals surface area contributed by atoms with Crippen LogP contribution in [0.15, 0.2) is 36.4 Å². The van der Waals surface area contributed by atoms with Crippen LogP contribution in [-0.4, -0.2) is 24.0 Å². The Hall–Kier alpha value is -2.10. The summed E-state index contributed by atoms with van der Waals surface area (Å²) in [6.07, 6.45) is 4.76. The fourth-order valence-corrected chi connectivity index (χ4v) is 3.68. The van der Waals surface area contributed by atoms with E-state index in [-0.39, 0.29) is 17.7 Å². The lowest BCUT2D eigenvalue weighted by Crippen LogP contribution is -2.41. The van der Waals surface area contributed by atoms with Crippen LogP contribution in [0.2, 0.25) is 0 Å². The molecule has 0 spiro atoms. The fourth-order valence-electron chi connectivity index (χ4n) is 3.68. The van der Waals surface area contributed by atoms with Gasteiger partial charge in [0.1, 0.15) is 0 Å². The summed E-state index contributed by atoms with van der Waals surface area (Å²) in [7, 11) is 1.73. The third-order valence-corrected chi connectivity index (χ3v) is 4.75. The van der Waals surface area contributed by atoms with Crippen molar-refractivity contribution in [1.82, 2.24) is 0 Å². The van der Waals surface area contributed by atoms with Gasteiger partial charge in [0, 0.05) is 12.7 Å². The number of carboxylic acid groups (broad SMARTS) is 1. The number of fused-ring (bicyclic) bond motifs is 2. The predicted molar refractivity (Wildman–Crippen MR) is 79.9 cm³/mol. The van der Waals surface area contributed by atoms with Gasteiger partial charge in [0.05, 0.1) is 11.8 Å². The summed E-state index contributed by atoms with van der Waals surface area (Å²) in [6.45, 7) is 1.97. The van der Waals surface area contributed by atoms with E-state index in [4.69, 9.17) is 0 Å². The fraction of sp³-hybridized carbons (Fsp3) is 0.412. The van der Waals surface area contributed by atoms with Crippen LogP contribution < -0.4 is 4.90 Å². The number of nitrogens with zero attached hydrogens (tertiary/aromatic N) is 1. The molecule has 1 aromatic rings. The number of aliphatic carboxylic acids is 1. The van der Waals surface area contributed by atoms with Gasteiger partial charge in [-0.1, -0.05) is 24.3 Å². The van der Waals surface area contributed by atoms with Crippen LogP contribution in [0, 0.1) is 30.6 Å². The Bertz CT molecular complexity index is 622. The second-order valence-electron chi connectivity index (χ2n) is 6.07. The quantitative estimate of drug-likeness (QED) is 0.868. The first-order valence-corrected chi connectivity index (χ1v) is 7.24. The molecule has 0 heterocycles. The number of allylic oxidation sites excluding steroid dienone is 2. The van der Waals surface area contributed by atoms with Crippen molar-refractivity contribution in [2.75, 3.05) is 11.9 Å². The highest BCUT2D eigenvalue weighted by Gasteiger charge is 2.52. The zero-order valence-electron chi connectivity index (χ0n) is 12.2. The first kappa shape index (κ1) is 13.9. The van der Waals surface area contributed by atoms with E-state index in [1.54, 1.807) is 11.9 Å². The number of anilines is 1. The number of carbonyl (C=O) groups excluding carboxylic acids is 1. The van der Waals surface area contributed by atoms with E-state index in [2.05, 4.69) is 0 Å². The Morgan fingerprint density at radius 1 is 1.19 bits per heavy atom. The number of aryl methyl sites for hydroxylation is 1. The Morgan fingerprint density at radius 2 is 1.86 bits per heavy atom. The monoisotopic (exact) mass is 285 g/mol.